The van der Waals surface area contributed by atoms with Gasteiger partial charge in [-0.15, -0.1) is 0 Å². The molecule has 0 saturated heterocycles. The van der Waals surface area contributed by atoms with Crippen LogP contribution in [0.25, 0.3) is 11.1 Å². The van der Waals surface area contributed by atoms with E-state index >= 15 is 0 Å². The fourth-order valence-corrected chi connectivity index (χ4v) is 1.78. The average molecular weight is 241 g/mol. The molecule has 0 bridgehead atoms. The number of aldehydes is 1. The summed E-state index contributed by atoms with van der Waals surface area (Å²) in [6.07, 6.45) is 0.756. The first kappa shape index (κ1) is 12.0. The van der Waals surface area contributed by atoms with Gasteiger partial charge in [-0.3, -0.25) is 14.9 Å². The number of carbonyl (C=O) groups excluding carboxylic acids is 1. The molecule has 0 heterocycles. The summed E-state index contributed by atoms with van der Waals surface area (Å²) >= 11 is 0. The summed E-state index contributed by atoms with van der Waals surface area (Å²) < 4.78 is 0. The van der Waals surface area contributed by atoms with E-state index in [4.69, 9.17) is 0 Å². The van der Waals surface area contributed by atoms with E-state index in [1.165, 1.54) is 6.07 Å². The Labute approximate surface area is 104 Å². The average Bonchev–Trinajstić information content (AvgIpc) is 2.39. The zero-order valence-corrected chi connectivity index (χ0v) is 9.79. The summed E-state index contributed by atoms with van der Waals surface area (Å²) in [4.78, 5) is 21.2. The Morgan fingerprint density at radius 2 is 1.83 bits per heavy atom. The van der Waals surface area contributed by atoms with Gasteiger partial charge in [0, 0.05) is 17.2 Å². The van der Waals surface area contributed by atoms with Crippen LogP contribution in [-0.4, -0.2) is 11.2 Å². The first-order valence-electron chi connectivity index (χ1n) is 5.42. The molecule has 0 aliphatic carbocycles. The highest BCUT2D eigenvalue weighted by molar-refractivity contribution is 5.79. The predicted octanol–water partition coefficient (Wildman–Crippen LogP) is 3.38. The number of rotatable bonds is 3. The van der Waals surface area contributed by atoms with Gasteiger partial charge in [0.25, 0.3) is 5.69 Å². The first-order chi connectivity index (χ1) is 8.61. The third kappa shape index (κ3) is 2.27. The molecule has 2 aromatic rings. The van der Waals surface area contributed by atoms with Crippen LogP contribution in [0.4, 0.5) is 5.69 Å². The van der Waals surface area contributed by atoms with Crippen LogP contribution in [0.3, 0.4) is 0 Å². The molecule has 4 heteroatoms. The minimum absolute atomic E-state index is 0.0870. The van der Waals surface area contributed by atoms with Crippen molar-refractivity contribution in [3.8, 4) is 11.1 Å². The topological polar surface area (TPSA) is 60.2 Å². The molecule has 0 amide bonds. The van der Waals surface area contributed by atoms with Crippen LogP contribution < -0.4 is 0 Å². The second-order valence-corrected chi connectivity index (χ2v) is 4.00. The van der Waals surface area contributed by atoms with Gasteiger partial charge < -0.3 is 0 Å². The Bertz CT molecular complexity index is 620. The van der Waals surface area contributed by atoms with E-state index in [1.54, 1.807) is 31.2 Å². The van der Waals surface area contributed by atoms with Crippen LogP contribution in [0.15, 0.2) is 42.5 Å². The van der Waals surface area contributed by atoms with Crippen LogP contribution >= 0.6 is 0 Å². The summed E-state index contributed by atoms with van der Waals surface area (Å²) in [5, 5.41) is 10.9. The van der Waals surface area contributed by atoms with Crippen molar-refractivity contribution in [3.63, 3.8) is 0 Å². The summed E-state index contributed by atoms with van der Waals surface area (Å²) in [5.41, 5.74) is 2.79. The zero-order chi connectivity index (χ0) is 13.1. The maximum atomic E-state index is 10.9. The second kappa shape index (κ2) is 4.79. The van der Waals surface area contributed by atoms with Crippen molar-refractivity contribution in [2.45, 2.75) is 6.92 Å². The molecule has 0 N–H and O–H groups in total. The van der Waals surface area contributed by atoms with E-state index in [-0.39, 0.29) is 5.69 Å². The van der Waals surface area contributed by atoms with Crippen LogP contribution in [0.2, 0.25) is 0 Å². The second-order valence-electron chi connectivity index (χ2n) is 4.00. The molecular weight excluding hydrogens is 230 g/mol. The number of nitro groups is 1. The molecule has 90 valence electrons. The van der Waals surface area contributed by atoms with E-state index in [1.807, 2.05) is 12.1 Å². The van der Waals surface area contributed by atoms with Gasteiger partial charge in [0.05, 0.1) is 4.92 Å². The van der Waals surface area contributed by atoms with Crippen LogP contribution in [0, 0.1) is 17.0 Å². The number of hydrogen-bond donors (Lipinski definition) is 0. The number of hydrogen-bond acceptors (Lipinski definition) is 3. The molecule has 4 nitrogen and oxygen atoms in total. The predicted molar refractivity (Wildman–Crippen MR) is 68.7 cm³/mol. The number of nitro benzene ring substituents is 1. The summed E-state index contributed by atoms with van der Waals surface area (Å²) in [7, 11) is 0. The quantitative estimate of drug-likeness (QED) is 0.470. The van der Waals surface area contributed by atoms with Gasteiger partial charge >= 0.3 is 0 Å². The van der Waals surface area contributed by atoms with Crippen molar-refractivity contribution in [2.24, 2.45) is 0 Å². The van der Waals surface area contributed by atoms with E-state index < -0.39 is 4.92 Å². The fourth-order valence-electron chi connectivity index (χ4n) is 1.78. The zero-order valence-electron chi connectivity index (χ0n) is 9.79. The van der Waals surface area contributed by atoms with Crippen molar-refractivity contribution < 1.29 is 9.72 Å². The smallest absolute Gasteiger partial charge is 0.272 e. The highest BCUT2D eigenvalue weighted by Gasteiger charge is 2.11. The third-order valence-corrected chi connectivity index (χ3v) is 2.76. The van der Waals surface area contributed by atoms with Crippen molar-refractivity contribution in [1.82, 2.24) is 0 Å². The molecular formula is C14H11NO3. The summed E-state index contributed by atoms with van der Waals surface area (Å²) in [5.74, 6) is 0. The van der Waals surface area contributed by atoms with Gasteiger partial charge in [0.15, 0.2) is 0 Å². The van der Waals surface area contributed by atoms with Gasteiger partial charge in [0.1, 0.15) is 6.29 Å². The molecule has 0 aliphatic rings. The largest absolute Gasteiger partial charge is 0.298 e. The van der Waals surface area contributed by atoms with Crippen molar-refractivity contribution in [3.05, 3.63) is 63.7 Å². The molecule has 18 heavy (non-hydrogen) atoms. The molecule has 0 atom stereocenters. The van der Waals surface area contributed by atoms with Gasteiger partial charge in [-0.2, -0.15) is 0 Å². The number of nitrogens with zero attached hydrogens (tertiary/aromatic N) is 1. The molecule has 2 rings (SSSR count). The van der Waals surface area contributed by atoms with E-state index in [2.05, 4.69) is 0 Å². The fraction of sp³-hybridized carbons (Fsp3) is 0.0714. The Morgan fingerprint density at radius 1 is 1.11 bits per heavy atom. The Hall–Kier alpha value is -2.49. The Kier molecular flexibility index (Phi) is 3.19. The Morgan fingerprint density at radius 3 is 2.50 bits per heavy atom. The number of aryl methyl sites for hydroxylation is 1. The minimum atomic E-state index is -0.400. The molecule has 0 aliphatic heterocycles. The maximum absolute atomic E-state index is 10.9. The van der Waals surface area contributed by atoms with E-state index in [0.717, 1.165) is 17.4 Å². The lowest BCUT2D eigenvalue weighted by Crippen LogP contribution is -1.92. The van der Waals surface area contributed by atoms with Gasteiger partial charge in [-0.1, -0.05) is 30.3 Å². The summed E-state index contributed by atoms with van der Waals surface area (Å²) in [6, 6.07) is 12.0. The summed E-state index contributed by atoms with van der Waals surface area (Å²) in [6.45, 7) is 1.70. The monoisotopic (exact) mass is 241 g/mol. The molecule has 0 aromatic heterocycles. The highest BCUT2D eigenvalue weighted by atomic mass is 16.6. The number of carbonyl (C=O) groups is 1. The van der Waals surface area contributed by atoms with Gasteiger partial charge in [-0.05, 0) is 24.1 Å². The van der Waals surface area contributed by atoms with Crippen LogP contribution in [0.1, 0.15) is 15.9 Å². The standard InChI is InChI=1S/C14H11NO3/c1-10-5-6-13(8-14(10)15(17)18)12-4-2-3-11(7-12)9-16/h2-9H,1H3. The van der Waals surface area contributed by atoms with Crippen molar-refractivity contribution in [1.29, 1.82) is 0 Å². The van der Waals surface area contributed by atoms with E-state index in [0.29, 0.717) is 11.1 Å². The molecule has 0 saturated carbocycles. The molecule has 0 spiro atoms. The number of benzene rings is 2. The van der Waals surface area contributed by atoms with Gasteiger partial charge in [-0.25, -0.2) is 0 Å². The van der Waals surface area contributed by atoms with Gasteiger partial charge in [0.2, 0.25) is 0 Å². The first-order valence-corrected chi connectivity index (χ1v) is 5.42. The van der Waals surface area contributed by atoms with E-state index in [9.17, 15) is 14.9 Å². The lowest BCUT2D eigenvalue weighted by Gasteiger charge is -2.04. The Balaban J connectivity index is 2.53. The maximum Gasteiger partial charge on any atom is 0.272 e. The van der Waals surface area contributed by atoms with Crippen LogP contribution in [-0.2, 0) is 0 Å². The van der Waals surface area contributed by atoms with Crippen molar-refractivity contribution >= 4 is 12.0 Å². The SMILES string of the molecule is Cc1ccc(-c2cccc(C=O)c2)cc1[N+](=O)[O-]. The lowest BCUT2D eigenvalue weighted by molar-refractivity contribution is -0.385. The van der Waals surface area contributed by atoms with Crippen molar-refractivity contribution in [2.75, 3.05) is 0 Å². The molecule has 0 fully saturated rings. The molecule has 0 radical (unpaired) electrons. The molecule has 2 aromatic carbocycles. The van der Waals surface area contributed by atoms with Crippen LogP contribution in [0.5, 0.6) is 0 Å². The molecule has 0 unspecified atom stereocenters. The normalized spacial score (nSPS) is 10.1. The third-order valence-electron chi connectivity index (χ3n) is 2.76. The lowest BCUT2D eigenvalue weighted by atomic mass is 10.0. The highest BCUT2D eigenvalue weighted by Crippen LogP contribution is 2.27. The minimum Gasteiger partial charge on any atom is -0.298 e.